The van der Waals surface area contributed by atoms with E-state index in [1.807, 2.05) is 12.1 Å². The lowest BCUT2D eigenvalue weighted by molar-refractivity contribution is -0.0496. The van der Waals surface area contributed by atoms with Gasteiger partial charge >= 0.3 is 15.5 Å². The molecule has 29 heavy (non-hydrogen) atoms. The summed E-state index contributed by atoms with van der Waals surface area (Å²) in [6, 6.07) is 3.69. The number of alkyl halides is 3. The summed E-state index contributed by atoms with van der Waals surface area (Å²) in [6.07, 6.45) is 2.94. The molecule has 0 aliphatic carbocycles. The number of furan rings is 1. The van der Waals surface area contributed by atoms with Crippen LogP contribution in [-0.4, -0.2) is 70.6 Å². The molecule has 1 aromatic rings. The second-order valence-electron chi connectivity index (χ2n) is 6.66. The molecule has 0 radical (unpaired) electrons. The van der Waals surface area contributed by atoms with E-state index in [-0.39, 0.29) is 19.0 Å². The second kappa shape index (κ2) is 10.8. The Labute approximate surface area is 168 Å². The summed E-state index contributed by atoms with van der Waals surface area (Å²) < 4.78 is 71.7. The van der Waals surface area contributed by atoms with Gasteiger partial charge in [0.25, 0.3) is 0 Å². The van der Waals surface area contributed by atoms with Crippen LogP contribution in [0.3, 0.4) is 0 Å². The molecule has 166 valence electrons. The predicted molar refractivity (Wildman–Crippen MR) is 102 cm³/mol. The highest BCUT2D eigenvalue weighted by Crippen LogP contribution is 2.30. The molecule has 12 heteroatoms. The van der Waals surface area contributed by atoms with Crippen LogP contribution in [0.25, 0.3) is 0 Å². The number of piperidine rings is 1. The molecule has 0 unspecified atom stereocenters. The van der Waals surface area contributed by atoms with Crippen LogP contribution in [0, 0.1) is 5.92 Å². The van der Waals surface area contributed by atoms with Gasteiger partial charge in [-0.15, -0.1) is 0 Å². The fourth-order valence-electron chi connectivity index (χ4n) is 2.90. The monoisotopic (exact) mass is 440 g/mol. The van der Waals surface area contributed by atoms with Crippen LogP contribution in [0.5, 0.6) is 0 Å². The summed E-state index contributed by atoms with van der Waals surface area (Å²) >= 11 is 0. The van der Waals surface area contributed by atoms with Crippen molar-refractivity contribution in [3.05, 3.63) is 24.2 Å². The Balaban J connectivity index is 1.84. The highest BCUT2D eigenvalue weighted by Gasteiger charge is 2.50. The molecule has 0 aromatic carbocycles. The van der Waals surface area contributed by atoms with Crippen LogP contribution in [0.1, 0.15) is 18.6 Å². The van der Waals surface area contributed by atoms with Crippen LogP contribution in [0.2, 0.25) is 0 Å². The van der Waals surface area contributed by atoms with E-state index in [0.717, 1.165) is 5.76 Å². The molecule has 0 saturated carbocycles. The molecule has 1 aliphatic rings. The van der Waals surface area contributed by atoms with Crippen LogP contribution in [-0.2, 0) is 21.2 Å². The Kier molecular flexibility index (Phi) is 8.78. The van der Waals surface area contributed by atoms with Gasteiger partial charge in [-0.1, -0.05) is 0 Å². The van der Waals surface area contributed by atoms with Crippen molar-refractivity contribution in [3.8, 4) is 0 Å². The van der Waals surface area contributed by atoms with E-state index < -0.39 is 15.5 Å². The van der Waals surface area contributed by atoms with Crippen molar-refractivity contribution >= 4 is 16.0 Å². The lowest BCUT2D eigenvalue weighted by atomic mass is 9.98. The van der Waals surface area contributed by atoms with E-state index in [1.54, 1.807) is 13.4 Å². The van der Waals surface area contributed by atoms with Crippen LogP contribution >= 0.6 is 0 Å². The number of aliphatic imine (C=N–C) groups is 1. The average molecular weight is 440 g/mol. The highest BCUT2D eigenvalue weighted by molar-refractivity contribution is 7.90. The Bertz CT molecular complexity index is 730. The van der Waals surface area contributed by atoms with E-state index in [1.165, 1.54) is 0 Å². The number of rotatable bonds is 9. The first-order valence-electron chi connectivity index (χ1n) is 9.34. The number of methoxy groups -OCH3 is 1. The van der Waals surface area contributed by atoms with Crippen molar-refractivity contribution in [1.29, 1.82) is 0 Å². The maximum absolute atomic E-state index is 12.7. The standard InChI is InChI=1S/C17H27F3N4O4S/c1-27-12-8-22-16(21-7-4-15-3-2-11-28-15)23-13-14-5-9-24(10-6-14)29(25,26)17(18,19)20/h2-3,11,14H,4-10,12-13H2,1H3,(H2,21,22,23). The quantitative estimate of drug-likeness (QED) is 0.344. The molecule has 1 aliphatic heterocycles. The number of hydrogen-bond acceptors (Lipinski definition) is 5. The number of guanidine groups is 1. The molecular weight excluding hydrogens is 413 g/mol. The Morgan fingerprint density at radius 2 is 2.00 bits per heavy atom. The van der Waals surface area contributed by atoms with Gasteiger partial charge in [0.15, 0.2) is 5.96 Å². The first-order chi connectivity index (χ1) is 13.7. The zero-order valence-corrected chi connectivity index (χ0v) is 17.1. The van der Waals surface area contributed by atoms with E-state index in [4.69, 9.17) is 9.15 Å². The molecule has 2 rings (SSSR count). The molecule has 0 bridgehead atoms. The first kappa shape index (κ1) is 23.5. The summed E-state index contributed by atoms with van der Waals surface area (Å²) in [5.74, 6) is 1.42. The summed E-state index contributed by atoms with van der Waals surface area (Å²) in [7, 11) is -3.66. The zero-order valence-electron chi connectivity index (χ0n) is 16.2. The van der Waals surface area contributed by atoms with Crippen molar-refractivity contribution < 1.29 is 30.7 Å². The van der Waals surface area contributed by atoms with Crippen molar-refractivity contribution in [2.45, 2.75) is 24.8 Å². The molecule has 0 spiro atoms. The number of nitrogens with one attached hydrogen (secondary N) is 2. The third-order valence-electron chi connectivity index (χ3n) is 4.56. The number of nitrogens with zero attached hydrogens (tertiary/aromatic N) is 2. The Morgan fingerprint density at radius 3 is 2.59 bits per heavy atom. The van der Waals surface area contributed by atoms with E-state index in [9.17, 15) is 21.6 Å². The fraction of sp³-hybridized carbons (Fsp3) is 0.706. The van der Waals surface area contributed by atoms with Gasteiger partial charge in [-0.3, -0.25) is 4.99 Å². The lowest BCUT2D eigenvalue weighted by Gasteiger charge is -2.30. The molecule has 1 fully saturated rings. The van der Waals surface area contributed by atoms with E-state index >= 15 is 0 Å². The highest BCUT2D eigenvalue weighted by atomic mass is 32.2. The lowest BCUT2D eigenvalue weighted by Crippen LogP contribution is -2.45. The molecule has 2 N–H and O–H groups in total. The van der Waals surface area contributed by atoms with Crippen molar-refractivity contribution in [3.63, 3.8) is 0 Å². The van der Waals surface area contributed by atoms with E-state index in [2.05, 4.69) is 15.6 Å². The van der Waals surface area contributed by atoms with Gasteiger partial charge in [0.2, 0.25) is 0 Å². The molecule has 0 amide bonds. The third kappa shape index (κ3) is 7.19. The van der Waals surface area contributed by atoms with Gasteiger partial charge in [-0.25, -0.2) is 8.42 Å². The smallest absolute Gasteiger partial charge is 0.469 e. The first-order valence-corrected chi connectivity index (χ1v) is 10.8. The minimum atomic E-state index is -5.26. The van der Waals surface area contributed by atoms with Gasteiger partial charge in [0.05, 0.1) is 12.9 Å². The van der Waals surface area contributed by atoms with Gasteiger partial charge in [0.1, 0.15) is 5.76 Å². The summed E-state index contributed by atoms with van der Waals surface area (Å²) in [5.41, 5.74) is -5.26. The molecule has 2 heterocycles. The maximum Gasteiger partial charge on any atom is 0.511 e. The predicted octanol–water partition coefficient (Wildman–Crippen LogP) is 1.57. The van der Waals surface area contributed by atoms with Crippen LogP contribution < -0.4 is 10.6 Å². The SMILES string of the molecule is COCCNC(=NCC1CCN(S(=O)(=O)C(F)(F)F)CC1)NCCc1ccco1. The fourth-order valence-corrected chi connectivity index (χ4v) is 3.89. The molecular formula is C17H27F3N4O4S. The molecule has 1 aromatic heterocycles. The number of ether oxygens (including phenoxy) is 1. The number of halogens is 3. The van der Waals surface area contributed by atoms with Gasteiger partial charge in [-0.05, 0) is 30.9 Å². The van der Waals surface area contributed by atoms with Crippen molar-refractivity contribution in [1.82, 2.24) is 14.9 Å². The minimum absolute atomic E-state index is 0.0146. The molecule has 8 nitrogen and oxygen atoms in total. The summed E-state index contributed by atoms with van der Waals surface area (Å²) in [6.45, 7) is 1.72. The molecule has 0 atom stereocenters. The topological polar surface area (TPSA) is 96.2 Å². The van der Waals surface area contributed by atoms with Crippen molar-refractivity contribution in [2.24, 2.45) is 10.9 Å². The average Bonchev–Trinajstić information content (AvgIpc) is 3.19. The Morgan fingerprint density at radius 1 is 1.31 bits per heavy atom. The largest absolute Gasteiger partial charge is 0.511 e. The third-order valence-corrected chi connectivity index (χ3v) is 6.19. The maximum atomic E-state index is 12.7. The summed E-state index contributed by atoms with van der Waals surface area (Å²) in [4.78, 5) is 4.49. The van der Waals surface area contributed by atoms with Gasteiger partial charge in [0, 0.05) is 46.3 Å². The number of hydrogen-bond donors (Lipinski definition) is 2. The van der Waals surface area contributed by atoms with Crippen LogP contribution in [0.15, 0.2) is 27.8 Å². The van der Waals surface area contributed by atoms with Crippen molar-refractivity contribution in [2.75, 3.05) is 46.4 Å². The van der Waals surface area contributed by atoms with Crippen LogP contribution in [0.4, 0.5) is 13.2 Å². The Hall–Kier alpha value is -1.79. The number of sulfonamides is 1. The zero-order chi connectivity index (χ0) is 21.3. The van der Waals surface area contributed by atoms with Gasteiger partial charge in [-0.2, -0.15) is 17.5 Å². The van der Waals surface area contributed by atoms with Gasteiger partial charge < -0.3 is 19.8 Å². The molecule has 1 saturated heterocycles. The minimum Gasteiger partial charge on any atom is -0.469 e. The van der Waals surface area contributed by atoms with E-state index in [0.29, 0.717) is 55.8 Å². The second-order valence-corrected chi connectivity index (χ2v) is 8.59. The summed E-state index contributed by atoms with van der Waals surface area (Å²) in [5, 5.41) is 6.30. The normalized spacial score (nSPS) is 17.4.